The Bertz CT molecular complexity index is 1770. The number of aryl methyl sites for hydroxylation is 1. The standard InChI is InChI=1S/C40H45NO9S/c1-30-21-23-34(24-22-30)51(44,45)41(40(43)46-2)25-13-12-20-35-37(42)39(49-28-33-18-10-5-11-19-33)38(48-27-32-16-8-4-9-17-32)36(50-35)29-47-26-31-14-6-3-7-15-31/h3-12,14-24,35-39,42H,13,25-29H2,1-2H3/b20-12+/t35-,36-,37+,38-,39-/m1/s1. The van der Waals surface area contributed by atoms with Crippen molar-refractivity contribution in [1.29, 1.82) is 0 Å². The highest BCUT2D eigenvalue weighted by molar-refractivity contribution is 7.89. The third-order valence-corrected chi connectivity index (χ3v) is 10.3. The molecule has 0 radical (unpaired) electrons. The molecule has 4 aromatic rings. The van der Waals surface area contributed by atoms with Gasteiger partial charge in [-0.3, -0.25) is 0 Å². The van der Waals surface area contributed by atoms with E-state index in [0.29, 0.717) is 10.9 Å². The first-order chi connectivity index (χ1) is 24.8. The Kier molecular flexibility index (Phi) is 13.9. The fourth-order valence-corrected chi connectivity index (χ4v) is 7.06. The smallest absolute Gasteiger partial charge is 0.423 e. The number of methoxy groups -OCH3 is 1. The van der Waals surface area contributed by atoms with E-state index < -0.39 is 46.6 Å². The van der Waals surface area contributed by atoms with Crippen molar-refractivity contribution in [3.8, 4) is 0 Å². The molecule has 11 heteroatoms. The molecular weight excluding hydrogens is 671 g/mol. The molecule has 1 aliphatic heterocycles. The Morgan fingerprint density at radius 2 is 1.31 bits per heavy atom. The number of nitrogens with zero attached hydrogens (tertiary/aromatic N) is 1. The molecule has 270 valence electrons. The zero-order valence-corrected chi connectivity index (χ0v) is 29.6. The zero-order valence-electron chi connectivity index (χ0n) is 28.8. The Morgan fingerprint density at radius 3 is 1.86 bits per heavy atom. The molecule has 1 fully saturated rings. The minimum atomic E-state index is -4.18. The van der Waals surface area contributed by atoms with Crippen molar-refractivity contribution in [2.75, 3.05) is 20.3 Å². The van der Waals surface area contributed by atoms with E-state index in [2.05, 4.69) is 0 Å². The van der Waals surface area contributed by atoms with Crippen molar-refractivity contribution in [3.63, 3.8) is 0 Å². The van der Waals surface area contributed by atoms with Crippen LogP contribution in [-0.2, 0) is 53.5 Å². The largest absolute Gasteiger partial charge is 0.452 e. The van der Waals surface area contributed by atoms with Crippen LogP contribution in [0.4, 0.5) is 4.79 Å². The molecule has 0 bridgehead atoms. The van der Waals surface area contributed by atoms with Crippen LogP contribution in [0.25, 0.3) is 0 Å². The first-order valence-electron chi connectivity index (χ1n) is 16.9. The summed E-state index contributed by atoms with van der Waals surface area (Å²) in [7, 11) is -3.04. The molecule has 0 aliphatic carbocycles. The molecule has 1 aliphatic rings. The van der Waals surface area contributed by atoms with Gasteiger partial charge in [0.25, 0.3) is 10.0 Å². The summed E-state index contributed by atoms with van der Waals surface area (Å²) in [6.45, 7) is 2.65. The average molecular weight is 716 g/mol. The average Bonchev–Trinajstić information content (AvgIpc) is 3.15. The molecule has 4 aromatic carbocycles. The van der Waals surface area contributed by atoms with E-state index in [-0.39, 0.29) is 37.7 Å². The second kappa shape index (κ2) is 18.8. The van der Waals surface area contributed by atoms with Gasteiger partial charge in [-0.05, 0) is 42.2 Å². The Morgan fingerprint density at radius 1 is 0.784 bits per heavy atom. The minimum Gasteiger partial charge on any atom is -0.452 e. The predicted octanol–water partition coefficient (Wildman–Crippen LogP) is 6.21. The quantitative estimate of drug-likeness (QED) is 0.135. The van der Waals surface area contributed by atoms with Crippen molar-refractivity contribution in [3.05, 3.63) is 150 Å². The molecule has 1 amide bonds. The lowest BCUT2D eigenvalue weighted by Gasteiger charge is -2.44. The molecular formula is C40H45NO9S. The minimum absolute atomic E-state index is 0.0215. The van der Waals surface area contributed by atoms with E-state index in [0.717, 1.165) is 29.4 Å². The molecule has 10 nitrogen and oxygen atoms in total. The fraction of sp³-hybridized carbons (Fsp3) is 0.325. The van der Waals surface area contributed by atoms with E-state index in [1.807, 2.05) is 97.9 Å². The van der Waals surface area contributed by atoms with Crippen molar-refractivity contribution >= 4 is 16.1 Å². The number of amides is 1. The summed E-state index contributed by atoms with van der Waals surface area (Å²) in [4.78, 5) is 12.6. The SMILES string of the molecule is COC(=O)N(CC/C=C/[C@H]1O[C@H](COCc2ccccc2)[C@@H](OCc2ccccc2)[C@H](OCc2ccccc2)[C@H]1O)S(=O)(=O)c1ccc(C)cc1. The predicted molar refractivity (Wildman–Crippen MR) is 192 cm³/mol. The van der Waals surface area contributed by atoms with E-state index in [4.69, 9.17) is 23.7 Å². The Hall–Kier alpha value is -4.36. The topological polar surface area (TPSA) is 121 Å². The van der Waals surface area contributed by atoms with Crippen LogP contribution < -0.4 is 0 Å². The van der Waals surface area contributed by atoms with Crippen LogP contribution in [0.3, 0.4) is 0 Å². The van der Waals surface area contributed by atoms with Crippen LogP contribution in [0.1, 0.15) is 28.7 Å². The van der Waals surface area contributed by atoms with Crippen molar-refractivity contribution in [2.45, 2.75) is 68.6 Å². The van der Waals surface area contributed by atoms with Gasteiger partial charge in [0.2, 0.25) is 0 Å². The van der Waals surface area contributed by atoms with Crippen molar-refractivity contribution < 1.29 is 42.0 Å². The molecule has 0 saturated carbocycles. The zero-order chi connectivity index (χ0) is 36.1. The lowest BCUT2D eigenvalue weighted by Crippen LogP contribution is -2.60. The number of sulfonamides is 1. The Labute approximate surface area is 300 Å². The molecule has 5 rings (SSSR count). The molecule has 51 heavy (non-hydrogen) atoms. The van der Waals surface area contributed by atoms with Gasteiger partial charge in [-0.2, -0.15) is 0 Å². The van der Waals surface area contributed by atoms with Crippen molar-refractivity contribution in [1.82, 2.24) is 4.31 Å². The molecule has 1 saturated heterocycles. The number of aliphatic hydroxyl groups excluding tert-OH is 1. The van der Waals surface area contributed by atoms with Crippen LogP contribution in [0.2, 0.25) is 0 Å². The number of hydrogen-bond donors (Lipinski definition) is 1. The first kappa shape index (κ1) is 37.9. The number of rotatable bonds is 16. The third kappa shape index (κ3) is 10.6. The molecule has 0 spiro atoms. The monoisotopic (exact) mass is 715 g/mol. The van der Waals surface area contributed by atoms with Crippen molar-refractivity contribution in [2.24, 2.45) is 0 Å². The normalized spacial score (nSPS) is 20.6. The lowest BCUT2D eigenvalue weighted by molar-refractivity contribution is -0.251. The summed E-state index contributed by atoms with van der Waals surface area (Å²) in [6.07, 6.45) is -1.67. The summed E-state index contributed by atoms with van der Waals surface area (Å²) >= 11 is 0. The number of carbonyl (C=O) groups excluding carboxylic acids is 1. The van der Waals surface area contributed by atoms with Gasteiger partial charge in [-0.25, -0.2) is 17.5 Å². The van der Waals surface area contributed by atoms with Crippen LogP contribution in [0.15, 0.2) is 132 Å². The number of benzene rings is 4. The van der Waals surface area contributed by atoms with Gasteiger partial charge in [0, 0.05) is 6.54 Å². The molecule has 1 N–H and O–H groups in total. The number of aliphatic hydroxyl groups is 1. The fourth-order valence-electron chi connectivity index (χ4n) is 5.71. The highest BCUT2D eigenvalue weighted by Crippen LogP contribution is 2.29. The maximum Gasteiger partial charge on any atom is 0.423 e. The van der Waals surface area contributed by atoms with Crippen LogP contribution in [0, 0.1) is 6.92 Å². The van der Waals surface area contributed by atoms with Crippen LogP contribution >= 0.6 is 0 Å². The Balaban J connectivity index is 1.35. The van der Waals surface area contributed by atoms with E-state index >= 15 is 0 Å². The summed E-state index contributed by atoms with van der Waals surface area (Å²) in [5.74, 6) is 0. The number of carbonyl (C=O) groups is 1. The maximum atomic E-state index is 13.4. The van der Waals surface area contributed by atoms with Gasteiger partial charge in [-0.15, -0.1) is 0 Å². The number of hydrogen-bond acceptors (Lipinski definition) is 9. The van der Waals surface area contributed by atoms with Gasteiger partial charge in [0.05, 0.1) is 38.4 Å². The highest BCUT2D eigenvalue weighted by Gasteiger charge is 2.46. The lowest BCUT2D eigenvalue weighted by atomic mass is 9.94. The van der Waals surface area contributed by atoms with E-state index in [9.17, 15) is 18.3 Å². The van der Waals surface area contributed by atoms with Gasteiger partial charge >= 0.3 is 6.09 Å². The van der Waals surface area contributed by atoms with Gasteiger partial charge < -0.3 is 28.8 Å². The second-order valence-corrected chi connectivity index (χ2v) is 14.1. The number of ether oxygens (including phenoxy) is 5. The molecule has 1 heterocycles. The first-order valence-corrected chi connectivity index (χ1v) is 18.3. The highest BCUT2D eigenvalue weighted by atomic mass is 32.2. The second-order valence-electron chi connectivity index (χ2n) is 12.2. The molecule has 0 aromatic heterocycles. The van der Waals surface area contributed by atoms with Crippen LogP contribution in [0.5, 0.6) is 0 Å². The van der Waals surface area contributed by atoms with Gasteiger partial charge in [-0.1, -0.05) is 121 Å². The van der Waals surface area contributed by atoms with Gasteiger partial charge in [0.1, 0.15) is 30.5 Å². The van der Waals surface area contributed by atoms with Crippen LogP contribution in [-0.4, -0.2) is 74.7 Å². The summed E-state index contributed by atoms with van der Waals surface area (Å²) in [5.41, 5.74) is 3.77. The molecule has 0 unspecified atom stereocenters. The van der Waals surface area contributed by atoms with Gasteiger partial charge in [0.15, 0.2) is 0 Å². The maximum absolute atomic E-state index is 13.4. The molecule has 5 atom stereocenters. The summed E-state index contributed by atoms with van der Waals surface area (Å²) in [6, 6.07) is 35.4. The van der Waals surface area contributed by atoms with E-state index in [1.54, 1.807) is 24.3 Å². The third-order valence-electron chi connectivity index (χ3n) is 8.47. The summed E-state index contributed by atoms with van der Waals surface area (Å²) < 4.78 is 57.7. The van der Waals surface area contributed by atoms with E-state index in [1.165, 1.54) is 12.1 Å². The summed E-state index contributed by atoms with van der Waals surface area (Å²) in [5, 5.41) is 11.7.